The van der Waals surface area contributed by atoms with Crippen molar-refractivity contribution in [1.82, 2.24) is 20.4 Å². The Morgan fingerprint density at radius 1 is 1.00 bits per heavy atom. The van der Waals surface area contributed by atoms with E-state index >= 15 is 0 Å². The normalized spacial score (nSPS) is 15.7. The predicted molar refractivity (Wildman–Crippen MR) is 138 cm³/mol. The van der Waals surface area contributed by atoms with Crippen LogP contribution in [0.4, 0.5) is 4.79 Å². The van der Waals surface area contributed by atoms with Crippen molar-refractivity contribution < 1.29 is 14.1 Å². The molecular formula is C29H28N4O3. The van der Waals surface area contributed by atoms with Gasteiger partial charge in [0.2, 0.25) is 5.82 Å². The summed E-state index contributed by atoms with van der Waals surface area (Å²) in [5, 5.41) is 7.39. The Bertz CT molecular complexity index is 1390. The molecule has 1 aromatic heterocycles. The fraction of sp³-hybridized carbons (Fsp3) is 0.207. The fourth-order valence-corrected chi connectivity index (χ4v) is 4.38. The van der Waals surface area contributed by atoms with Crippen LogP contribution in [0.1, 0.15) is 42.5 Å². The van der Waals surface area contributed by atoms with E-state index < -0.39 is 6.04 Å². The number of urea groups is 1. The van der Waals surface area contributed by atoms with E-state index in [0.29, 0.717) is 24.9 Å². The maximum absolute atomic E-state index is 13.4. The van der Waals surface area contributed by atoms with Crippen LogP contribution in [0.3, 0.4) is 0 Å². The van der Waals surface area contributed by atoms with Crippen molar-refractivity contribution in [1.29, 1.82) is 0 Å². The van der Waals surface area contributed by atoms with Crippen molar-refractivity contribution in [3.8, 4) is 17.1 Å². The Kier molecular flexibility index (Phi) is 6.54. The lowest BCUT2D eigenvalue weighted by atomic mass is 9.94. The third-order valence-corrected chi connectivity index (χ3v) is 6.25. The predicted octanol–water partition coefficient (Wildman–Crippen LogP) is 6.14. The Morgan fingerprint density at radius 3 is 2.53 bits per heavy atom. The summed E-state index contributed by atoms with van der Waals surface area (Å²) in [5.74, 6) is 1.66. The van der Waals surface area contributed by atoms with Crippen LogP contribution in [0.15, 0.2) is 89.1 Å². The summed E-state index contributed by atoms with van der Waals surface area (Å²) in [6.45, 7) is 6.86. The fourth-order valence-electron chi connectivity index (χ4n) is 4.38. The van der Waals surface area contributed by atoms with E-state index in [-0.39, 0.29) is 6.03 Å². The molecule has 2 amide bonds. The number of carbonyl (C=O) groups is 1. The van der Waals surface area contributed by atoms with Gasteiger partial charge in [-0.25, -0.2) is 4.79 Å². The van der Waals surface area contributed by atoms with Crippen LogP contribution in [-0.2, 0) is 6.54 Å². The molecule has 7 nitrogen and oxygen atoms in total. The van der Waals surface area contributed by atoms with E-state index in [1.54, 1.807) is 4.90 Å². The molecule has 7 heteroatoms. The number of hydrogen-bond acceptors (Lipinski definition) is 5. The van der Waals surface area contributed by atoms with Crippen molar-refractivity contribution in [3.63, 3.8) is 0 Å². The molecule has 1 unspecified atom stereocenters. The molecule has 1 aliphatic heterocycles. The number of nitrogens with one attached hydrogen (secondary N) is 1. The van der Waals surface area contributed by atoms with Crippen LogP contribution in [0.2, 0.25) is 0 Å². The van der Waals surface area contributed by atoms with Crippen molar-refractivity contribution in [2.24, 2.45) is 0 Å². The molecular weight excluding hydrogens is 452 g/mol. The first-order chi connectivity index (χ1) is 17.5. The van der Waals surface area contributed by atoms with Gasteiger partial charge in [0.05, 0.1) is 24.8 Å². The average Bonchev–Trinajstić information content (AvgIpc) is 3.37. The van der Waals surface area contributed by atoms with E-state index in [9.17, 15) is 4.79 Å². The highest BCUT2D eigenvalue weighted by Crippen LogP contribution is 2.38. The Morgan fingerprint density at radius 2 is 1.78 bits per heavy atom. The van der Waals surface area contributed by atoms with Crippen LogP contribution in [0.5, 0.6) is 5.75 Å². The third kappa shape index (κ3) is 4.73. The number of aromatic nitrogens is 2. The Balaban J connectivity index is 1.57. The highest BCUT2D eigenvalue weighted by Gasteiger charge is 2.35. The molecule has 4 aromatic rings. The highest BCUT2D eigenvalue weighted by molar-refractivity contribution is 5.86. The van der Waals surface area contributed by atoms with Gasteiger partial charge < -0.3 is 14.6 Å². The molecule has 2 heterocycles. The molecule has 1 atom stereocenters. The summed E-state index contributed by atoms with van der Waals surface area (Å²) in [6.07, 6.45) is 0. The van der Waals surface area contributed by atoms with Crippen molar-refractivity contribution >= 4 is 11.6 Å². The first-order valence-electron chi connectivity index (χ1n) is 12.0. The molecule has 0 fully saturated rings. The van der Waals surface area contributed by atoms with Crippen molar-refractivity contribution in [2.75, 3.05) is 6.61 Å². The molecule has 1 N–H and O–H groups in total. The van der Waals surface area contributed by atoms with Gasteiger partial charge >= 0.3 is 6.03 Å². The van der Waals surface area contributed by atoms with Gasteiger partial charge in [0.1, 0.15) is 5.75 Å². The number of aryl methyl sites for hydroxylation is 1. The number of amides is 2. The lowest BCUT2D eigenvalue weighted by molar-refractivity contribution is 0.203. The molecule has 0 aliphatic carbocycles. The lowest BCUT2D eigenvalue weighted by Crippen LogP contribution is -2.45. The molecule has 0 bridgehead atoms. The minimum absolute atomic E-state index is 0.188. The largest absolute Gasteiger partial charge is 0.494 e. The summed E-state index contributed by atoms with van der Waals surface area (Å²) in [7, 11) is 0. The monoisotopic (exact) mass is 480 g/mol. The highest BCUT2D eigenvalue weighted by atomic mass is 16.5. The van der Waals surface area contributed by atoms with E-state index in [4.69, 9.17) is 14.2 Å². The number of hydrogen-bond donors (Lipinski definition) is 1. The van der Waals surface area contributed by atoms with Gasteiger partial charge in [0.15, 0.2) is 0 Å². The smallest absolute Gasteiger partial charge is 0.322 e. The minimum Gasteiger partial charge on any atom is -0.494 e. The molecule has 182 valence electrons. The molecule has 0 spiro atoms. The van der Waals surface area contributed by atoms with E-state index in [1.165, 1.54) is 0 Å². The standard InChI is InChI=1S/C29H28N4O3/c1-4-35-24-12-8-9-21(17-24)18-33-20(3)25(26(30-29(33)34)22-15-13-19(2)14-16-22)28-31-27(32-36-28)23-10-6-5-7-11-23/h5-17,26H,4,18H2,1-3H3,(H,30,34). The Labute approximate surface area is 210 Å². The summed E-state index contributed by atoms with van der Waals surface area (Å²) in [6, 6.07) is 25.0. The molecule has 36 heavy (non-hydrogen) atoms. The maximum atomic E-state index is 13.4. The number of rotatable bonds is 7. The average molecular weight is 481 g/mol. The van der Waals surface area contributed by atoms with Gasteiger partial charge in [-0.2, -0.15) is 4.98 Å². The third-order valence-electron chi connectivity index (χ3n) is 6.25. The zero-order valence-electron chi connectivity index (χ0n) is 20.6. The molecule has 5 rings (SSSR count). The second-order valence-electron chi connectivity index (χ2n) is 8.75. The summed E-state index contributed by atoms with van der Waals surface area (Å²) >= 11 is 0. The van der Waals surface area contributed by atoms with Gasteiger partial charge in [-0.15, -0.1) is 0 Å². The maximum Gasteiger partial charge on any atom is 0.322 e. The second-order valence-corrected chi connectivity index (χ2v) is 8.75. The zero-order valence-corrected chi connectivity index (χ0v) is 20.6. The van der Waals surface area contributed by atoms with Crippen LogP contribution >= 0.6 is 0 Å². The van der Waals surface area contributed by atoms with Gasteiger partial charge in [-0.3, -0.25) is 4.90 Å². The number of ether oxygens (including phenoxy) is 1. The van der Waals surface area contributed by atoms with E-state index in [0.717, 1.165) is 39.3 Å². The molecule has 0 saturated carbocycles. The van der Waals surface area contributed by atoms with Crippen LogP contribution in [-0.4, -0.2) is 27.7 Å². The van der Waals surface area contributed by atoms with Gasteiger partial charge in [0, 0.05) is 11.3 Å². The number of carbonyl (C=O) groups excluding carboxylic acids is 1. The second kappa shape index (κ2) is 10.1. The van der Waals surface area contributed by atoms with E-state index in [2.05, 4.69) is 10.5 Å². The van der Waals surface area contributed by atoms with Gasteiger partial charge in [-0.1, -0.05) is 77.5 Å². The van der Waals surface area contributed by atoms with Crippen LogP contribution in [0.25, 0.3) is 17.0 Å². The number of nitrogens with zero attached hydrogens (tertiary/aromatic N) is 3. The molecule has 0 radical (unpaired) electrons. The summed E-state index contributed by atoms with van der Waals surface area (Å²) in [4.78, 5) is 19.8. The van der Waals surface area contributed by atoms with Gasteiger partial charge in [-0.05, 0) is 44.0 Å². The first kappa shape index (κ1) is 23.4. The molecule has 3 aromatic carbocycles. The SMILES string of the molecule is CCOc1cccc(CN2C(=O)NC(c3ccc(C)cc3)C(c3nc(-c4ccccc4)no3)=C2C)c1. The number of benzene rings is 3. The quantitative estimate of drug-likeness (QED) is 0.344. The summed E-state index contributed by atoms with van der Waals surface area (Å²) in [5.41, 5.74) is 5.44. The molecule has 1 aliphatic rings. The van der Waals surface area contributed by atoms with Gasteiger partial charge in [0.25, 0.3) is 5.89 Å². The zero-order chi connectivity index (χ0) is 25.1. The number of allylic oxidation sites excluding steroid dienone is 1. The van der Waals surface area contributed by atoms with Crippen LogP contribution in [0, 0.1) is 6.92 Å². The minimum atomic E-state index is -0.423. The van der Waals surface area contributed by atoms with Crippen LogP contribution < -0.4 is 10.1 Å². The molecule has 0 saturated heterocycles. The Hall–Kier alpha value is -4.39. The lowest BCUT2D eigenvalue weighted by Gasteiger charge is -2.35. The topological polar surface area (TPSA) is 80.5 Å². The summed E-state index contributed by atoms with van der Waals surface area (Å²) < 4.78 is 11.4. The van der Waals surface area contributed by atoms with Crippen molar-refractivity contribution in [2.45, 2.75) is 33.4 Å². The first-order valence-corrected chi connectivity index (χ1v) is 12.0. The van der Waals surface area contributed by atoms with Crippen molar-refractivity contribution in [3.05, 3.63) is 107 Å². The van der Waals surface area contributed by atoms with E-state index in [1.807, 2.05) is 99.6 Å².